The third-order valence-electron chi connectivity index (χ3n) is 1.15. The fourth-order valence-electron chi connectivity index (χ4n) is 0.592. The lowest BCUT2D eigenvalue weighted by atomic mass is 10.2. The van der Waals surface area contributed by atoms with E-state index in [1.54, 1.807) is 0 Å². The van der Waals surface area contributed by atoms with E-state index in [0.29, 0.717) is 13.2 Å². The molecular formula is C5H9NO3. The smallest absolute Gasteiger partial charge is 0.246 e. The van der Waals surface area contributed by atoms with E-state index in [1.807, 2.05) is 0 Å². The lowest BCUT2D eigenvalue weighted by Gasteiger charge is -2.26. The Morgan fingerprint density at radius 1 is 1.78 bits per heavy atom. The van der Waals surface area contributed by atoms with Gasteiger partial charge in [0, 0.05) is 0 Å². The third-order valence-corrected chi connectivity index (χ3v) is 1.15. The topological polar surface area (TPSA) is 58.6 Å². The van der Waals surface area contributed by atoms with Crippen LogP contribution in [0.3, 0.4) is 0 Å². The van der Waals surface area contributed by atoms with E-state index >= 15 is 0 Å². The Balaban J connectivity index is 2.09. The Bertz CT molecular complexity index is 111. The van der Waals surface area contributed by atoms with Crippen molar-refractivity contribution in [2.24, 2.45) is 0 Å². The van der Waals surface area contributed by atoms with Gasteiger partial charge in [0.25, 0.3) is 0 Å². The molecule has 4 nitrogen and oxygen atoms in total. The second-order valence-electron chi connectivity index (χ2n) is 1.96. The lowest BCUT2D eigenvalue weighted by Crippen LogP contribution is -2.49. The van der Waals surface area contributed by atoms with Gasteiger partial charge in [-0.15, -0.1) is 0 Å². The van der Waals surface area contributed by atoms with Crippen LogP contribution >= 0.6 is 0 Å². The highest BCUT2D eigenvalue weighted by Crippen LogP contribution is 1.98. The van der Waals surface area contributed by atoms with Gasteiger partial charge < -0.3 is 15.2 Å². The zero-order valence-corrected chi connectivity index (χ0v) is 4.96. The molecule has 0 aromatic rings. The molecule has 0 atom stereocenters. The van der Waals surface area contributed by atoms with Gasteiger partial charge >= 0.3 is 0 Å². The number of rotatable bonds is 2. The van der Waals surface area contributed by atoms with Crippen molar-refractivity contribution in [3.05, 3.63) is 0 Å². The maximum atomic E-state index is 10.4. The molecule has 1 saturated heterocycles. The van der Waals surface area contributed by atoms with Gasteiger partial charge in [-0.3, -0.25) is 4.79 Å². The number of aliphatic hydroxyl groups excluding tert-OH is 1. The molecule has 9 heavy (non-hydrogen) atoms. The van der Waals surface area contributed by atoms with E-state index < -0.39 is 6.61 Å². The summed E-state index contributed by atoms with van der Waals surface area (Å²) >= 11 is 0. The van der Waals surface area contributed by atoms with E-state index in [1.165, 1.54) is 0 Å². The molecule has 4 heteroatoms. The first-order chi connectivity index (χ1) is 4.33. The Labute approximate surface area is 52.8 Å². The van der Waals surface area contributed by atoms with Crippen molar-refractivity contribution in [2.75, 3.05) is 19.8 Å². The van der Waals surface area contributed by atoms with Crippen molar-refractivity contribution in [1.29, 1.82) is 0 Å². The van der Waals surface area contributed by atoms with Crippen LogP contribution in [0.15, 0.2) is 0 Å². The van der Waals surface area contributed by atoms with Gasteiger partial charge in [0.15, 0.2) is 0 Å². The minimum atomic E-state index is -0.434. The number of nitrogens with one attached hydrogen (secondary N) is 1. The molecule has 1 amide bonds. The molecule has 1 aliphatic rings. The summed E-state index contributed by atoms with van der Waals surface area (Å²) in [4.78, 5) is 10.4. The van der Waals surface area contributed by atoms with Gasteiger partial charge in [0.1, 0.15) is 6.61 Å². The first-order valence-corrected chi connectivity index (χ1v) is 2.81. The summed E-state index contributed by atoms with van der Waals surface area (Å²) < 4.78 is 4.78. The molecule has 0 saturated carbocycles. The minimum absolute atomic E-state index is 0.129. The predicted octanol–water partition coefficient (Wildman–Crippen LogP) is -1.51. The van der Waals surface area contributed by atoms with Crippen molar-refractivity contribution in [2.45, 2.75) is 6.04 Å². The molecule has 0 aromatic carbocycles. The van der Waals surface area contributed by atoms with Crippen LogP contribution in [0.5, 0.6) is 0 Å². The summed E-state index contributed by atoms with van der Waals surface area (Å²) in [5.74, 6) is -0.330. The molecule has 0 spiro atoms. The average molecular weight is 131 g/mol. The van der Waals surface area contributed by atoms with Crippen molar-refractivity contribution >= 4 is 5.91 Å². The van der Waals surface area contributed by atoms with Gasteiger partial charge in [0.05, 0.1) is 19.3 Å². The molecule has 0 unspecified atom stereocenters. The zero-order valence-electron chi connectivity index (χ0n) is 4.96. The largest absolute Gasteiger partial charge is 0.387 e. The Morgan fingerprint density at radius 3 is 2.78 bits per heavy atom. The fourth-order valence-corrected chi connectivity index (χ4v) is 0.592. The molecule has 0 bridgehead atoms. The second kappa shape index (κ2) is 2.80. The number of amides is 1. The highest BCUT2D eigenvalue weighted by Gasteiger charge is 2.19. The summed E-state index contributed by atoms with van der Waals surface area (Å²) in [6.07, 6.45) is 0. The van der Waals surface area contributed by atoms with Crippen molar-refractivity contribution in [1.82, 2.24) is 5.32 Å². The van der Waals surface area contributed by atoms with Gasteiger partial charge in [-0.1, -0.05) is 0 Å². The molecule has 1 rings (SSSR count). The fraction of sp³-hybridized carbons (Fsp3) is 0.800. The van der Waals surface area contributed by atoms with Gasteiger partial charge in [0.2, 0.25) is 5.91 Å². The molecule has 0 aromatic heterocycles. The summed E-state index contributed by atoms with van der Waals surface area (Å²) in [6.45, 7) is 0.716. The van der Waals surface area contributed by atoms with Gasteiger partial charge in [-0.2, -0.15) is 0 Å². The van der Waals surface area contributed by atoms with Crippen LogP contribution in [0.25, 0.3) is 0 Å². The molecule has 1 aliphatic heterocycles. The number of carbonyl (C=O) groups is 1. The lowest BCUT2D eigenvalue weighted by molar-refractivity contribution is -0.127. The Hall–Kier alpha value is -0.610. The quantitative estimate of drug-likeness (QED) is 0.479. The molecular weight excluding hydrogens is 122 g/mol. The SMILES string of the molecule is O=C(CO)NC1COC1. The minimum Gasteiger partial charge on any atom is -0.387 e. The summed E-state index contributed by atoms with van der Waals surface area (Å²) in [5.41, 5.74) is 0. The van der Waals surface area contributed by atoms with Crippen LogP contribution in [0.4, 0.5) is 0 Å². The van der Waals surface area contributed by atoms with Crippen molar-refractivity contribution in [3.8, 4) is 0 Å². The first-order valence-electron chi connectivity index (χ1n) is 2.81. The standard InChI is InChI=1S/C5H9NO3/c7-1-5(8)6-4-2-9-3-4/h4,7H,1-3H2,(H,6,8). The molecule has 2 N–H and O–H groups in total. The first kappa shape index (κ1) is 6.51. The summed E-state index contributed by atoms with van der Waals surface area (Å²) in [6, 6.07) is 0.129. The molecule has 1 heterocycles. The monoisotopic (exact) mass is 131 g/mol. The molecule has 1 fully saturated rings. The molecule has 52 valence electrons. The van der Waals surface area contributed by atoms with Crippen molar-refractivity contribution < 1.29 is 14.6 Å². The number of hydrogen-bond acceptors (Lipinski definition) is 3. The van der Waals surface area contributed by atoms with Gasteiger partial charge in [-0.05, 0) is 0 Å². The molecule has 0 aliphatic carbocycles. The van der Waals surface area contributed by atoms with Crippen molar-refractivity contribution in [3.63, 3.8) is 0 Å². The zero-order chi connectivity index (χ0) is 6.69. The number of ether oxygens (including phenoxy) is 1. The highest BCUT2D eigenvalue weighted by atomic mass is 16.5. The van der Waals surface area contributed by atoms with Crippen LogP contribution in [0, 0.1) is 0 Å². The number of hydrogen-bond donors (Lipinski definition) is 2. The van der Waals surface area contributed by atoms with Crippen LogP contribution in [0.2, 0.25) is 0 Å². The normalized spacial score (nSPS) is 18.8. The average Bonchev–Trinajstić information content (AvgIpc) is 1.78. The van der Waals surface area contributed by atoms with E-state index in [0.717, 1.165) is 0 Å². The van der Waals surface area contributed by atoms with Crippen LogP contribution in [-0.4, -0.2) is 36.9 Å². The van der Waals surface area contributed by atoms with Crippen LogP contribution < -0.4 is 5.32 Å². The summed E-state index contributed by atoms with van der Waals surface area (Å²) in [5, 5.41) is 10.8. The second-order valence-corrected chi connectivity index (χ2v) is 1.96. The Kier molecular flexibility index (Phi) is 2.02. The van der Waals surface area contributed by atoms with Crippen LogP contribution in [-0.2, 0) is 9.53 Å². The molecule has 0 radical (unpaired) electrons. The Morgan fingerprint density at radius 2 is 2.44 bits per heavy atom. The summed E-state index contributed by atoms with van der Waals surface area (Å²) in [7, 11) is 0. The van der Waals surface area contributed by atoms with E-state index in [4.69, 9.17) is 9.84 Å². The maximum Gasteiger partial charge on any atom is 0.246 e. The van der Waals surface area contributed by atoms with E-state index in [-0.39, 0.29) is 11.9 Å². The van der Waals surface area contributed by atoms with E-state index in [9.17, 15) is 4.79 Å². The number of carbonyl (C=O) groups excluding carboxylic acids is 1. The highest BCUT2D eigenvalue weighted by molar-refractivity contribution is 5.77. The van der Waals surface area contributed by atoms with Gasteiger partial charge in [-0.25, -0.2) is 0 Å². The number of aliphatic hydroxyl groups is 1. The van der Waals surface area contributed by atoms with E-state index in [2.05, 4.69) is 5.32 Å². The predicted molar refractivity (Wildman–Crippen MR) is 29.8 cm³/mol. The van der Waals surface area contributed by atoms with Crippen LogP contribution in [0.1, 0.15) is 0 Å². The third kappa shape index (κ3) is 1.65. The maximum absolute atomic E-state index is 10.4.